The topological polar surface area (TPSA) is 63.3 Å². The van der Waals surface area contributed by atoms with Gasteiger partial charge in [0.15, 0.2) is 0 Å². The van der Waals surface area contributed by atoms with Crippen molar-refractivity contribution in [1.82, 2.24) is 10.1 Å². The second-order valence-electron chi connectivity index (χ2n) is 4.04. The van der Waals surface area contributed by atoms with E-state index in [0.717, 1.165) is 12.3 Å². The highest BCUT2D eigenvalue weighted by Gasteiger charge is 2.30. The van der Waals surface area contributed by atoms with Crippen LogP contribution in [0.5, 0.6) is 0 Å². The number of pyridine rings is 1. The van der Waals surface area contributed by atoms with Crippen LogP contribution in [-0.4, -0.2) is 16.4 Å². The first-order valence-electron chi connectivity index (χ1n) is 5.63. The quantitative estimate of drug-likeness (QED) is 0.694. The number of hydrazone groups is 1. The van der Waals surface area contributed by atoms with Gasteiger partial charge >= 0.3 is 6.18 Å². The van der Waals surface area contributed by atoms with Gasteiger partial charge in [-0.3, -0.25) is 5.43 Å². The van der Waals surface area contributed by atoms with Crippen LogP contribution >= 0.6 is 0 Å². The van der Waals surface area contributed by atoms with E-state index in [1.54, 1.807) is 13.8 Å². The second-order valence-corrected chi connectivity index (χ2v) is 4.04. The van der Waals surface area contributed by atoms with Crippen LogP contribution in [-0.2, 0) is 6.18 Å². The molecule has 2 aromatic rings. The van der Waals surface area contributed by atoms with E-state index < -0.39 is 11.7 Å². The molecule has 0 aliphatic carbocycles. The monoisotopic (exact) mass is 284 g/mol. The average molecular weight is 284 g/mol. The molecule has 106 valence electrons. The SMILES string of the molecule is Cc1noc(C)c1/C=N/Nc1ccc(C(F)(F)F)cn1. The van der Waals surface area contributed by atoms with Gasteiger partial charge < -0.3 is 4.52 Å². The van der Waals surface area contributed by atoms with Crippen LogP contribution in [0.1, 0.15) is 22.6 Å². The highest BCUT2D eigenvalue weighted by Crippen LogP contribution is 2.28. The van der Waals surface area contributed by atoms with Gasteiger partial charge in [0, 0.05) is 6.20 Å². The molecule has 0 atom stereocenters. The first kappa shape index (κ1) is 14.0. The molecule has 0 aliphatic heterocycles. The van der Waals surface area contributed by atoms with Gasteiger partial charge in [0.1, 0.15) is 11.6 Å². The van der Waals surface area contributed by atoms with Crippen molar-refractivity contribution < 1.29 is 17.7 Å². The third kappa shape index (κ3) is 3.14. The minimum atomic E-state index is -4.40. The molecule has 20 heavy (non-hydrogen) atoms. The molecule has 0 amide bonds. The zero-order valence-corrected chi connectivity index (χ0v) is 10.7. The number of alkyl halides is 3. The van der Waals surface area contributed by atoms with Gasteiger partial charge in [0.05, 0.1) is 23.0 Å². The number of nitrogens with zero attached hydrogens (tertiary/aromatic N) is 3. The Bertz CT molecular complexity index is 597. The fourth-order valence-corrected chi connectivity index (χ4v) is 1.46. The molecule has 0 saturated carbocycles. The van der Waals surface area contributed by atoms with Crippen LogP contribution in [0, 0.1) is 13.8 Å². The van der Waals surface area contributed by atoms with Crippen LogP contribution in [0.2, 0.25) is 0 Å². The molecule has 2 aromatic heterocycles. The normalized spacial score (nSPS) is 12.1. The maximum atomic E-state index is 12.3. The van der Waals surface area contributed by atoms with Crippen LogP contribution in [0.15, 0.2) is 28.0 Å². The summed E-state index contributed by atoms with van der Waals surface area (Å²) < 4.78 is 42.0. The van der Waals surface area contributed by atoms with Gasteiger partial charge in [-0.1, -0.05) is 5.16 Å². The highest BCUT2D eigenvalue weighted by atomic mass is 19.4. The summed E-state index contributed by atoms with van der Waals surface area (Å²) >= 11 is 0. The summed E-state index contributed by atoms with van der Waals surface area (Å²) in [5, 5.41) is 7.62. The Morgan fingerprint density at radius 2 is 2.05 bits per heavy atom. The van der Waals surface area contributed by atoms with Crippen molar-refractivity contribution in [1.29, 1.82) is 0 Å². The first-order valence-corrected chi connectivity index (χ1v) is 5.63. The summed E-state index contributed by atoms with van der Waals surface area (Å²) in [5.74, 6) is 0.814. The predicted octanol–water partition coefficient (Wildman–Crippen LogP) is 3.15. The van der Waals surface area contributed by atoms with Crippen molar-refractivity contribution >= 4 is 12.0 Å². The predicted molar refractivity (Wildman–Crippen MR) is 66.4 cm³/mol. The summed E-state index contributed by atoms with van der Waals surface area (Å²) in [5.41, 5.74) is 3.12. The van der Waals surface area contributed by atoms with Crippen LogP contribution in [0.3, 0.4) is 0 Å². The molecular formula is C12H11F3N4O. The molecule has 0 bridgehead atoms. The number of hydrogen-bond donors (Lipinski definition) is 1. The van der Waals surface area contributed by atoms with E-state index in [0.29, 0.717) is 17.0 Å². The Kier molecular flexibility index (Phi) is 3.73. The first-order chi connectivity index (χ1) is 9.38. The molecule has 2 heterocycles. The van der Waals surface area contributed by atoms with E-state index in [2.05, 4.69) is 20.7 Å². The van der Waals surface area contributed by atoms with E-state index in [1.165, 1.54) is 12.3 Å². The zero-order valence-electron chi connectivity index (χ0n) is 10.7. The smallest absolute Gasteiger partial charge is 0.361 e. The lowest BCUT2D eigenvalue weighted by Gasteiger charge is -2.06. The number of anilines is 1. The van der Waals surface area contributed by atoms with Gasteiger partial charge in [-0.15, -0.1) is 0 Å². The van der Waals surface area contributed by atoms with Crippen LogP contribution in [0.25, 0.3) is 0 Å². The fraction of sp³-hybridized carbons (Fsp3) is 0.250. The Morgan fingerprint density at radius 1 is 1.30 bits per heavy atom. The molecule has 0 fully saturated rings. The molecule has 0 saturated heterocycles. The minimum absolute atomic E-state index is 0.209. The highest BCUT2D eigenvalue weighted by molar-refractivity contribution is 5.82. The van der Waals surface area contributed by atoms with Crippen molar-refractivity contribution in [3.63, 3.8) is 0 Å². The van der Waals surface area contributed by atoms with Gasteiger partial charge in [-0.05, 0) is 26.0 Å². The molecule has 0 radical (unpaired) electrons. The molecule has 2 rings (SSSR count). The number of nitrogens with one attached hydrogen (secondary N) is 1. The van der Waals surface area contributed by atoms with Crippen molar-refractivity contribution in [2.45, 2.75) is 20.0 Å². The van der Waals surface area contributed by atoms with Crippen molar-refractivity contribution in [3.05, 3.63) is 40.9 Å². The van der Waals surface area contributed by atoms with Crippen LogP contribution in [0.4, 0.5) is 19.0 Å². The number of hydrogen-bond acceptors (Lipinski definition) is 5. The van der Waals surface area contributed by atoms with Crippen LogP contribution < -0.4 is 5.43 Å². The number of rotatable bonds is 3. The standard InChI is InChI=1S/C12H11F3N4O/c1-7-10(8(2)20-19-7)6-17-18-11-4-3-9(5-16-11)12(13,14)15/h3-6H,1-2H3,(H,16,18)/b17-6+. The van der Waals surface area contributed by atoms with Crippen molar-refractivity contribution in [2.24, 2.45) is 5.10 Å². The molecule has 8 heteroatoms. The molecule has 0 spiro atoms. The van der Waals surface area contributed by atoms with E-state index in [1.807, 2.05) is 0 Å². The van der Waals surface area contributed by atoms with Gasteiger partial charge in [-0.2, -0.15) is 18.3 Å². The average Bonchev–Trinajstić information content (AvgIpc) is 2.70. The molecule has 0 aromatic carbocycles. The summed E-state index contributed by atoms with van der Waals surface area (Å²) in [7, 11) is 0. The minimum Gasteiger partial charge on any atom is -0.361 e. The number of aryl methyl sites for hydroxylation is 2. The van der Waals surface area contributed by atoms with E-state index in [9.17, 15) is 13.2 Å². The van der Waals surface area contributed by atoms with Gasteiger partial charge in [0.2, 0.25) is 0 Å². The molecule has 1 N–H and O–H groups in total. The Labute approximate surface area is 112 Å². The number of halogens is 3. The summed E-state index contributed by atoms with van der Waals surface area (Å²) in [6, 6.07) is 2.13. The Hall–Kier alpha value is -2.38. The molecular weight excluding hydrogens is 273 g/mol. The summed E-state index contributed by atoms with van der Waals surface area (Å²) in [6.07, 6.45) is -2.18. The van der Waals surface area contributed by atoms with E-state index in [-0.39, 0.29) is 5.82 Å². The van der Waals surface area contributed by atoms with E-state index >= 15 is 0 Å². The van der Waals surface area contributed by atoms with Crippen molar-refractivity contribution in [3.8, 4) is 0 Å². The molecule has 5 nitrogen and oxygen atoms in total. The summed E-state index contributed by atoms with van der Waals surface area (Å²) in [4.78, 5) is 3.62. The van der Waals surface area contributed by atoms with E-state index in [4.69, 9.17) is 4.52 Å². The van der Waals surface area contributed by atoms with Crippen molar-refractivity contribution in [2.75, 3.05) is 5.43 Å². The lowest BCUT2D eigenvalue weighted by Crippen LogP contribution is -2.05. The van der Waals surface area contributed by atoms with Gasteiger partial charge in [0.25, 0.3) is 0 Å². The second kappa shape index (κ2) is 5.32. The third-order valence-corrected chi connectivity index (χ3v) is 2.55. The Morgan fingerprint density at radius 3 is 2.55 bits per heavy atom. The Balaban J connectivity index is 2.05. The van der Waals surface area contributed by atoms with Gasteiger partial charge in [-0.25, -0.2) is 4.98 Å². The number of aromatic nitrogens is 2. The lowest BCUT2D eigenvalue weighted by atomic mass is 10.2. The molecule has 0 unspecified atom stereocenters. The maximum Gasteiger partial charge on any atom is 0.417 e. The lowest BCUT2D eigenvalue weighted by molar-refractivity contribution is -0.137. The maximum absolute atomic E-state index is 12.3. The largest absolute Gasteiger partial charge is 0.417 e. The fourth-order valence-electron chi connectivity index (χ4n) is 1.46. The molecule has 0 aliphatic rings. The summed E-state index contributed by atoms with van der Waals surface area (Å²) in [6.45, 7) is 3.49. The zero-order chi connectivity index (χ0) is 14.8. The third-order valence-electron chi connectivity index (χ3n) is 2.55.